The van der Waals surface area contributed by atoms with Gasteiger partial charge < -0.3 is 19.3 Å². The van der Waals surface area contributed by atoms with Crippen LogP contribution in [-0.4, -0.2) is 45.5 Å². The van der Waals surface area contributed by atoms with Gasteiger partial charge in [-0.25, -0.2) is 4.79 Å². The fourth-order valence-electron chi connectivity index (χ4n) is 4.19. The predicted molar refractivity (Wildman–Crippen MR) is 156 cm³/mol. The van der Waals surface area contributed by atoms with E-state index < -0.39 is 25.0 Å². The Bertz CT molecular complexity index is 808. The summed E-state index contributed by atoms with van der Waals surface area (Å²) in [6.45, 7) is 6.94. The van der Waals surface area contributed by atoms with Gasteiger partial charge in [0.15, 0.2) is 0 Å². The molecule has 4 unspecified atom stereocenters. The van der Waals surface area contributed by atoms with Crippen molar-refractivity contribution in [1.82, 2.24) is 0 Å². The first-order valence-electron chi connectivity index (χ1n) is 13.8. The van der Waals surface area contributed by atoms with Gasteiger partial charge >= 0.3 is 13.6 Å². The molecule has 9 heteroatoms. The monoisotopic (exact) mass is 578 g/mol. The van der Waals surface area contributed by atoms with Crippen LogP contribution >= 0.6 is 31.0 Å². The molecule has 0 fully saturated rings. The van der Waals surface area contributed by atoms with Crippen LogP contribution in [0.4, 0.5) is 0 Å². The van der Waals surface area contributed by atoms with Gasteiger partial charge in [0.1, 0.15) is 0 Å². The molecule has 0 aromatic heterocycles. The Kier molecular flexibility index (Phi) is 17.4. The number of hydrogen-bond donors (Lipinski definition) is 2. The summed E-state index contributed by atoms with van der Waals surface area (Å²) in [6.07, 6.45) is 10.9. The predicted octanol–water partition coefficient (Wildman–Crippen LogP) is 8.90. The molecule has 1 aromatic carbocycles. The smallest absolute Gasteiger partial charge is 0.371 e. The van der Waals surface area contributed by atoms with Gasteiger partial charge in [0.25, 0.3) is 5.34 Å². The van der Waals surface area contributed by atoms with E-state index in [2.05, 4.69) is 19.1 Å². The third kappa shape index (κ3) is 12.9. The number of halogens is 1. The minimum Gasteiger partial charge on any atom is -0.479 e. The average molecular weight is 579 g/mol. The third-order valence-corrected chi connectivity index (χ3v) is 9.98. The summed E-state index contributed by atoms with van der Waals surface area (Å²) < 4.78 is 23.2. The Hall–Kier alpha value is -0.560. The second kappa shape index (κ2) is 18.7. The van der Waals surface area contributed by atoms with Crippen molar-refractivity contribution in [1.29, 1.82) is 0 Å². The third-order valence-electron chi connectivity index (χ3n) is 6.58. The highest BCUT2D eigenvalue weighted by molar-refractivity contribution is 7.99. The first kappa shape index (κ1) is 34.5. The van der Waals surface area contributed by atoms with E-state index in [1.54, 1.807) is 13.8 Å². The molecule has 6 nitrogen and oxygen atoms in total. The first-order chi connectivity index (χ1) is 17.6. The molecule has 0 aliphatic carbocycles. The lowest BCUT2D eigenvalue weighted by Crippen LogP contribution is -2.39. The van der Waals surface area contributed by atoms with E-state index in [0.29, 0.717) is 18.8 Å². The largest absolute Gasteiger partial charge is 0.479 e. The molecule has 37 heavy (non-hydrogen) atoms. The lowest BCUT2D eigenvalue weighted by Gasteiger charge is -2.31. The number of carbonyl (C=O) groups is 1. The topological polar surface area (TPSA) is 93.1 Å². The number of rotatable bonds is 22. The second-order valence-electron chi connectivity index (χ2n) is 9.92. The number of ether oxygens (including phenoxy) is 1. The summed E-state index contributed by atoms with van der Waals surface area (Å²) in [5.41, 5.74) is 1.40. The van der Waals surface area contributed by atoms with Crippen molar-refractivity contribution in [2.24, 2.45) is 0 Å². The van der Waals surface area contributed by atoms with Gasteiger partial charge in [0.2, 0.25) is 0 Å². The molecule has 0 heterocycles. The SMILES string of the molecule is CCCOC(C)(C(=O)O)P(=O)(O)OC(C)CCCCCCCCSCCC(CCC)c1ccc(Cl)cc1. The van der Waals surface area contributed by atoms with Crippen LogP contribution in [0.25, 0.3) is 0 Å². The second-order valence-corrected chi connectivity index (χ2v) is 13.7. The van der Waals surface area contributed by atoms with Crippen molar-refractivity contribution < 1.29 is 28.6 Å². The maximum atomic E-state index is 12.7. The van der Waals surface area contributed by atoms with Gasteiger partial charge in [0.05, 0.1) is 6.10 Å². The number of carboxylic acids is 1. The van der Waals surface area contributed by atoms with E-state index in [-0.39, 0.29) is 6.61 Å². The van der Waals surface area contributed by atoms with E-state index in [1.807, 2.05) is 23.9 Å². The molecule has 0 aliphatic heterocycles. The van der Waals surface area contributed by atoms with Crippen LogP contribution in [0.15, 0.2) is 24.3 Å². The Morgan fingerprint density at radius 3 is 2.22 bits per heavy atom. The molecule has 0 spiro atoms. The summed E-state index contributed by atoms with van der Waals surface area (Å²) in [4.78, 5) is 21.9. The fraction of sp³-hybridized carbons (Fsp3) is 0.750. The van der Waals surface area contributed by atoms with Crippen molar-refractivity contribution in [3.63, 3.8) is 0 Å². The van der Waals surface area contributed by atoms with Crippen LogP contribution in [0.3, 0.4) is 0 Å². The molecule has 2 N–H and O–H groups in total. The quantitative estimate of drug-likeness (QED) is 0.105. The van der Waals surface area contributed by atoms with E-state index in [4.69, 9.17) is 20.9 Å². The summed E-state index contributed by atoms with van der Waals surface area (Å²) in [5.74, 6) is 1.50. The van der Waals surface area contributed by atoms with Crippen LogP contribution in [0, 0.1) is 0 Å². The molecule has 1 aromatic rings. The molecule has 214 valence electrons. The van der Waals surface area contributed by atoms with E-state index in [9.17, 15) is 19.4 Å². The lowest BCUT2D eigenvalue weighted by atomic mass is 9.92. The molecule has 0 amide bonds. The van der Waals surface area contributed by atoms with Gasteiger partial charge in [-0.15, -0.1) is 0 Å². The van der Waals surface area contributed by atoms with Crippen molar-refractivity contribution in [2.75, 3.05) is 18.1 Å². The standard InChI is InChI=1S/C28H48ClO6PS/c1-5-13-24(25-15-17-26(29)18-16-25)19-22-37-21-12-10-8-7-9-11-14-23(3)35-36(32,33)28(4,27(30)31)34-20-6-2/h15-18,23-24H,5-14,19-22H2,1-4H3,(H,30,31)(H,32,33). The number of aliphatic carboxylic acids is 1. The molecule has 0 saturated carbocycles. The van der Waals surface area contributed by atoms with Crippen molar-refractivity contribution >= 4 is 36.9 Å². The van der Waals surface area contributed by atoms with E-state index in [0.717, 1.165) is 31.2 Å². The zero-order valence-corrected chi connectivity index (χ0v) is 25.6. The number of carboxylic acid groups (broad SMARTS) is 1. The minimum absolute atomic E-state index is 0.0758. The van der Waals surface area contributed by atoms with Gasteiger partial charge in [-0.05, 0) is 81.1 Å². The van der Waals surface area contributed by atoms with Gasteiger partial charge in [0, 0.05) is 11.6 Å². The number of unbranched alkanes of at least 4 members (excludes halogenated alkanes) is 5. The van der Waals surface area contributed by atoms with Crippen molar-refractivity contribution in [2.45, 2.75) is 116 Å². The number of benzene rings is 1. The number of thioether (sulfide) groups is 1. The minimum atomic E-state index is -4.50. The Labute approximate surface area is 233 Å². The average Bonchev–Trinajstić information content (AvgIpc) is 2.85. The van der Waals surface area contributed by atoms with Gasteiger partial charge in [-0.2, -0.15) is 11.8 Å². The zero-order chi connectivity index (χ0) is 27.7. The fourth-order valence-corrected chi connectivity index (χ4v) is 6.67. The summed E-state index contributed by atoms with van der Waals surface area (Å²) in [7, 11) is -4.50. The molecule has 0 bridgehead atoms. The summed E-state index contributed by atoms with van der Waals surface area (Å²) >= 11 is 8.08. The van der Waals surface area contributed by atoms with E-state index >= 15 is 0 Å². The van der Waals surface area contributed by atoms with Crippen molar-refractivity contribution in [3.05, 3.63) is 34.9 Å². The highest BCUT2D eigenvalue weighted by Crippen LogP contribution is 2.57. The normalized spacial score (nSPS) is 16.6. The summed E-state index contributed by atoms with van der Waals surface area (Å²) in [5, 5.41) is 7.98. The maximum absolute atomic E-state index is 12.7. The van der Waals surface area contributed by atoms with E-state index in [1.165, 1.54) is 55.6 Å². The summed E-state index contributed by atoms with van der Waals surface area (Å²) in [6, 6.07) is 8.31. The highest BCUT2D eigenvalue weighted by Gasteiger charge is 2.54. The molecule has 1 rings (SSSR count). The van der Waals surface area contributed by atoms with Crippen LogP contribution in [0.5, 0.6) is 0 Å². The number of hydrogen-bond acceptors (Lipinski definition) is 5. The van der Waals surface area contributed by atoms with Crippen LogP contribution in [0.2, 0.25) is 5.02 Å². The van der Waals surface area contributed by atoms with Crippen LogP contribution in [-0.2, 0) is 18.6 Å². The van der Waals surface area contributed by atoms with Crippen molar-refractivity contribution in [3.8, 4) is 0 Å². The van der Waals surface area contributed by atoms with Crippen LogP contribution in [0.1, 0.15) is 110 Å². The molecular weight excluding hydrogens is 531 g/mol. The maximum Gasteiger partial charge on any atom is 0.371 e. The molecular formula is C28H48ClO6PS. The Morgan fingerprint density at radius 2 is 1.62 bits per heavy atom. The van der Waals surface area contributed by atoms with Gasteiger partial charge in [-0.1, -0.05) is 76.1 Å². The molecule has 4 atom stereocenters. The first-order valence-corrected chi connectivity index (χ1v) is 16.9. The van der Waals surface area contributed by atoms with Crippen LogP contribution < -0.4 is 0 Å². The highest BCUT2D eigenvalue weighted by atomic mass is 35.5. The molecule has 0 radical (unpaired) electrons. The Balaban J connectivity index is 2.16. The lowest BCUT2D eigenvalue weighted by molar-refractivity contribution is -0.155. The zero-order valence-electron chi connectivity index (χ0n) is 23.1. The van der Waals surface area contributed by atoms with Gasteiger partial charge in [-0.3, -0.25) is 4.57 Å². The Morgan fingerprint density at radius 1 is 1.00 bits per heavy atom. The molecule has 0 saturated heterocycles. The molecule has 0 aliphatic rings.